The lowest BCUT2D eigenvalue weighted by molar-refractivity contribution is -0.128. The smallest absolute Gasteiger partial charge is 0.404 e. The number of rotatable bonds is 10. The van der Waals surface area contributed by atoms with E-state index in [1.165, 1.54) is 51.2 Å². The van der Waals surface area contributed by atoms with Gasteiger partial charge in [0, 0.05) is 19.8 Å². The van der Waals surface area contributed by atoms with Gasteiger partial charge in [0.25, 0.3) is 0 Å². The van der Waals surface area contributed by atoms with E-state index in [1.807, 2.05) is 0 Å². The first kappa shape index (κ1) is 24.9. The summed E-state index contributed by atoms with van der Waals surface area (Å²) in [5.41, 5.74) is 0.662. The largest absolute Gasteiger partial charge is 0.524 e. The standard InChI is InChI=1S/C21H29N4O7P/c1-14(26)23-18(11-16-7-9-17(10-8-16)32-33(28,29)30)21(27)22-13-20-24-19(25-31-20)12-15-5-3-2-4-6-15/h7-10,15,18H,2-6,11-13H2,1H3,(H,22,27)(H,23,26)(H2,28,29,30)/t18-/m0/s1. The van der Waals surface area contributed by atoms with Gasteiger partial charge >= 0.3 is 7.82 Å². The van der Waals surface area contributed by atoms with E-state index in [-0.39, 0.29) is 24.6 Å². The molecule has 1 aliphatic rings. The number of nitrogens with zero attached hydrogens (tertiary/aromatic N) is 2. The lowest BCUT2D eigenvalue weighted by atomic mass is 9.87. The molecule has 2 aromatic rings. The van der Waals surface area contributed by atoms with Gasteiger partial charge in [-0.15, -0.1) is 0 Å². The van der Waals surface area contributed by atoms with Gasteiger partial charge in [-0.2, -0.15) is 4.98 Å². The number of phosphoric ester groups is 1. The van der Waals surface area contributed by atoms with Gasteiger partial charge in [0.1, 0.15) is 11.8 Å². The van der Waals surface area contributed by atoms with Crippen LogP contribution in [0.15, 0.2) is 28.8 Å². The molecule has 180 valence electrons. The Morgan fingerprint density at radius 1 is 1.21 bits per heavy atom. The summed E-state index contributed by atoms with van der Waals surface area (Å²) in [7, 11) is -4.65. The van der Waals surface area contributed by atoms with E-state index >= 15 is 0 Å². The van der Waals surface area contributed by atoms with Crippen LogP contribution in [0.25, 0.3) is 0 Å². The highest BCUT2D eigenvalue weighted by molar-refractivity contribution is 7.46. The molecule has 0 saturated heterocycles. The molecule has 1 saturated carbocycles. The minimum atomic E-state index is -4.65. The van der Waals surface area contributed by atoms with Crippen LogP contribution in [0.4, 0.5) is 0 Å². The molecule has 1 fully saturated rings. The summed E-state index contributed by atoms with van der Waals surface area (Å²) in [5, 5.41) is 9.32. The summed E-state index contributed by atoms with van der Waals surface area (Å²) in [6.45, 7) is 1.36. The molecule has 0 spiro atoms. The van der Waals surface area contributed by atoms with Crippen molar-refractivity contribution in [2.24, 2.45) is 5.92 Å². The quantitative estimate of drug-likeness (QED) is 0.372. The Kier molecular flexibility index (Phi) is 8.60. The zero-order valence-electron chi connectivity index (χ0n) is 18.4. The molecule has 12 heteroatoms. The monoisotopic (exact) mass is 480 g/mol. The van der Waals surface area contributed by atoms with E-state index in [2.05, 4.69) is 25.3 Å². The highest BCUT2D eigenvalue weighted by atomic mass is 31.2. The number of nitrogens with one attached hydrogen (secondary N) is 2. The number of aromatic nitrogens is 2. The van der Waals surface area contributed by atoms with Crippen molar-refractivity contribution in [2.45, 2.75) is 64.5 Å². The maximum Gasteiger partial charge on any atom is 0.524 e. The van der Waals surface area contributed by atoms with Crippen LogP contribution in [0.2, 0.25) is 0 Å². The van der Waals surface area contributed by atoms with Crippen LogP contribution in [0.3, 0.4) is 0 Å². The maximum absolute atomic E-state index is 12.7. The van der Waals surface area contributed by atoms with Gasteiger partial charge in [0.15, 0.2) is 5.82 Å². The van der Waals surface area contributed by atoms with Gasteiger partial charge in [-0.25, -0.2) is 4.57 Å². The minimum Gasteiger partial charge on any atom is -0.404 e. The Morgan fingerprint density at radius 2 is 1.91 bits per heavy atom. The summed E-state index contributed by atoms with van der Waals surface area (Å²) >= 11 is 0. The SMILES string of the molecule is CC(=O)N[C@@H](Cc1ccc(OP(=O)(O)O)cc1)C(=O)NCc1nc(CC2CCCCC2)no1. The first-order valence-electron chi connectivity index (χ1n) is 10.9. The van der Waals surface area contributed by atoms with Crippen molar-refractivity contribution in [2.75, 3.05) is 0 Å². The third-order valence-electron chi connectivity index (χ3n) is 5.40. The van der Waals surface area contributed by atoms with Gasteiger partial charge in [0.2, 0.25) is 17.7 Å². The highest BCUT2D eigenvalue weighted by Crippen LogP contribution is 2.37. The number of benzene rings is 1. The summed E-state index contributed by atoms with van der Waals surface area (Å²) in [6, 6.07) is 5.01. The lowest BCUT2D eigenvalue weighted by Crippen LogP contribution is -2.47. The molecule has 1 aromatic carbocycles. The number of hydrogen-bond donors (Lipinski definition) is 4. The first-order valence-corrected chi connectivity index (χ1v) is 12.4. The number of phosphoric acid groups is 1. The molecule has 1 aromatic heterocycles. The fraction of sp³-hybridized carbons (Fsp3) is 0.524. The van der Waals surface area contributed by atoms with E-state index in [0.717, 1.165) is 6.42 Å². The van der Waals surface area contributed by atoms with Gasteiger partial charge in [0.05, 0.1) is 6.54 Å². The predicted octanol–water partition coefficient (Wildman–Crippen LogP) is 2.03. The molecule has 1 atom stereocenters. The van der Waals surface area contributed by atoms with E-state index in [1.54, 1.807) is 12.1 Å². The zero-order chi connectivity index (χ0) is 23.8. The third kappa shape index (κ3) is 8.60. The number of amides is 2. The molecule has 0 unspecified atom stereocenters. The van der Waals surface area contributed by atoms with E-state index in [0.29, 0.717) is 23.2 Å². The molecule has 0 radical (unpaired) electrons. The molecule has 11 nitrogen and oxygen atoms in total. The molecule has 1 aliphatic carbocycles. The van der Waals surface area contributed by atoms with Crippen LogP contribution in [0, 0.1) is 5.92 Å². The summed E-state index contributed by atoms with van der Waals surface area (Å²) in [4.78, 5) is 46.4. The first-order chi connectivity index (χ1) is 15.7. The molecule has 1 heterocycles. The van der Waals surface area contributed by atoms with Crippen molar-refractivity contribution >= 4 is 19.6 Å². The number of hydrogen-bond acceptors (Lipinski definition) is 7. The van der Waals surface area contributed by atoms with Crippen LogP contribution in [-0.2, 0) is 33.5 Å². The molecular formula is C21H29N4O7P. The van der Waals surface area contributed by atoms with Crippen LogP contribution in [-0.4, -0.2) is 37.8 Å². The Bertz CT molecular complexity index is 983. The second-order valence-electron chi connectivity index (χ2n) is 8.21. The van der Waals surface area contributed by atoms with Crippen molar-refractivity contribution in [1.82, 2.24) is 20.8 Å². The fourth-order valence-electron chi connectivity index (χ4n) is 3.89. The van der Waals surface area contributed by atoms with Gasteiger partial charge in [-0.1, -0.05) is 49.4 Å². The predicted molar refractivity (Wildman–Crippen MR) is 117 cm³/mol. The second-order valence-corrected chi connectivity index (χ2v) is 9.38. The average molecular weight is 480 g/mol. The van der Waals surface area contributed by atoms with Crippen LogP contribution >= 0.6 is 7.82 Å². The van der Waals surface area contributed by atoms with Crippen molar-refractivity contribution in [3.63, 3.8) is 0 Å². The van der Waals surface area contributed by atoms with Crippen LogP contribution in [0.5, 0.6) is 5.75 Å². The maximum atomic E-state index is 12.7. The summed E-state index contributed by atoms with van der Waals surface area (Å²) < 4.78 is 20.7. The van der Waals surface area contributed by atoms with Crippen molar-refractivity contribution in [3.05, 3.63) is 41.5 Å². The van der Waals surface area contributed by atoms with Crippen LogP contribution < -0.4 is 15.2 Å². The zero-order valence-corrected chi connectivity index (χ0v) is 19.3. The van der Waals surface area contributed by atoms with Gasteiger partial charge in [-0.3, -0.25) is 19.4 Å². The van der Waals surface area contributed by atoms with E-state index in [9.17, 15) is 14.2 Å². The summed E-state index contributed by atoms with van der Waals surface area (Å²) in [5.74, 6) is 0.711. The highest BCUT2D eigenvalue weighted by Gasteiger charge is 2.22. The van der Waals surface area contributed by atoms with Crippen molar-refractivity contribution < 1.29 is 33.0 Å². The van der Waals surface area contributed by atoms with Crippen LogP contribution in [0.1, 0.15) is 56.3 Å². The Balaban J connectivity index is 1.54. The second kappa shape index (κ2) is 11.4. The molecule has 33 heavy (non-hydrogen) atoms. The number of carbonyl (C=O) groups excluding carboxylic acids is 2. The minimum absolute atomic E-state index is 0.00645. The Labute approximate surface area is 191 Å². The molecule has 4 N–H and O–H groups in total. The Morgan fingerprint density at radius 3 is 2.55 bits per heavy atom. The van der Waals surface area contributed by atoms with Crippen molar-refractivity contribution in [1.29, 1.82) is 0 Å². The van der Waals surface area contributed by atoms with E-state index in [4.69, 9.17) is 14.3 Å². The Hall–Kier alpha value is -2.75. The fourth-order valence-corrected chi connectivity index (χ4v) is 4.29. The van der Waals surface area contributed by atoms with Crippen molar-refractivity contribution in [3.8, 4) is 5.75 Å². The number of carbonyl (C=O) groups is 2. The summed E-state index contributed by atoms with van der Waals surface area (Å²) in [6.07, 6.45) is 7.02. The molecule has 2 amide bonds. The molecule has 0 bridgehead atoms. The molecular weight excluding hydrogens is 451 g/mol. The van der Waals surface area contributed by atoms with Gasteiger partial charge < -0.3 is 19.7 Å². The van der Waals surface area contributed by atoms with E-state index < -0.39 is 19.8 Å². The normalized spacial score (nSPS) is 15.6. The topological polar surface area (TPSA) is 164 Å². The lowest BCUT2D eigenvalue weighted by Gasteiger charge is -2.19. The average Bonchev–Trinajstić information content (AvgIpc) is 3.19. The van der Waals surface area contributed by atoms with Gasteiger partial charge in [-0.05, 0) is 23.6 Å². The third-order valence-corrected chi connectivity index (χ3v) is 5.85. The molecule has 3 rings (SSSR count). The molecule has 0 aliphatic heterocycles.